The highest BCUT2D eigenvalue weighted by Gasteiger charge is 2.37. The highest BCUT2D eigenvalue weighted by atomic mass is 19.4. The molecule has 1 atom stereocenters. The van der Waals surface area contributed by atoms with Crippen LogP contribution in [-0.2, 0) is 10.9 Å². The predicted octanol–water partition coefficient (Wildman–Crippen LogP) is 2.77. The molecule has 3 rings (SSSR count). The number of hydrogen-bond donors (Lipinski definition) is 1. The van der Waals surface area contributed by atoms with Gasteiger partial charge in [-0.15, -0.1) is 0 Å². The molecule has 1 N–H and O–H groups in total. The topological polar surface area (TPSA) is 79.7 Å². The second kappa shape index (κ2) is 6.03. The molecule has 1 amide bonds. The van der Waals surface area contributed by atoms with Gasteiger partial charge in [0.15, 0.2) is 5.69 Å². The van der Waals surface area contributed by atoms with Gasteiger partial charge < -0.3 is 14.6 Å². The molecule has 0 bridgehead atoms. The first kappa shape index (κ1) is 18.3. The number of likely N-dealkylation sites (tertiary alicyclic amines) is 1. The summed E-state index contributed by atoms with van der Waals surface area (Å²) >= 11 is 0. The van der Waals surface area contributed by atoms with E-state index in [0.717, 1.165) is 10.7 Å². The Bertz CT molecular complexity index is 895. The van der Waals surface area contributed by atoms with Gasteiger partial charge in [0, 0.05) is 30.9 Å². The number of carbonyl (C=O) groups excluding carboxylic acids is 1. The minimum absolute atomic E-state index is 0.198. The molecule has 3 heterocycles. The molecule has 142 valence electrons. The van der Waals surface area contributed by atoms with E-state index >= 15 is 0 Å². The Balaban J connectivity index is 1.84. The number of aromatic nitrogens is 3. The van der Waals surface area contributed by atoms with Crippen molar-refractivity contribution in [3.05, 3.63) is 34.3 Å². The van der Waals surface area contributed by atoms with Crippen molar-refractivity contribution < 1.29 is 22.7 Å². The van der Waals surface area contributed by atoms with Crippen LogP contribution < -0.4 is 5.56 Å². The largest absolute Gasteiger partial charge is 0.444 e. The summed E-state index contributed by atoms with van der Waals surface area (Å²) in [5.74, 6) is -0.198. The van der Waals surface area contributed by atoms with Gasteiger partial charge in [-0.3, -0.25) is 9.20 Å². The Morgan fingerprint density at radius 3 is 2.65 bits per heavy atom. The van der Waals surface area contributed by atoms with Crippen LogP contribution >= 0.6 is 0 Å². The number of fused-ring (bicyclic) bond motifs is 1. The summed E-state index contributed by atoms with van der Waals surface area (Å²) in [4.78, 5) is 31.6. The Morgan fingerprint density at radius 1 is 1.35 bits per heavy atom. The molecule has 26 heavy (non-hydrogen) atoms. The number of imidazole rings is 1. The number of amides is 1. The lowest BCUT2D eigenvalue weighted by molar-refractivity contribution is -0.139. The van der Waals surface area contributed by atoms with E-state index in [1.807, 2.05) is 0 Å². The van der Waals surface area contributed by atoms with Crippen molar-refractivity contribution in [2.75, 3.05) is 13.1 Å². The maximum absolute atomic E-state index is 12.9. The number of aromatic amines is 1. The molecular formula is C16H19F3N4O3. The van der Waals surface area contributed by atoms with E-state index in [9.17, 15) is 22.8 Å². The van der Waals surface area contributed by atoms with Crippen molar-refractivity contribution in [2.24, 2.45) is 0 Å². The first-order valence-corrected chi connectivity index (χ1v) is 8.11. The Labute approximate surface area is 146 Å². The fourth-order valence-corrected chi connectivity index (χ4v) is 2.98. The van der Waals surface area contributed by atoms with Crippen LogP contribution in [0, 0.1) is 0 Å². The maximum atomic E-state index is 12.9. The Kier molecular flexibility index (Phi) is 4.24. The van der Waals surface area contributed by atoms with Crippen LogP contribution in [0.15, 0.2) is 17.3 Å². The lowest BCUT2D eigenvalue weighted by Crippen LogP contribution is -2.35. The smallest absolute Gasteiger partial charge is 0.435 e. The minimum atomic E-state index is -4.70. The maximum Gasteiger partial charge on any atom is 0.435 e. The van der Waals surface area contributed by atoms with E-state index in [1.54, 1.807) is 20.8 Å². The quantitative estimate of drug-likeness (QED) is 0.835. The van der Waals surface area contributed by atoms with Crippen LogP contribution in [0.5, 0.6) is 0 Å². The first-order valence-electron chi connectivity index (χ1n) is 8.11. The van der Waals surface area contributed by atoms with E-state index in [0.29, 0.717) is 25.2 Å². The van der Waals surface area contributed by atoms with E-state index in [-0.39, 0.29) is 5.92 Å². The summed E-state index contributed by atoms with van der Waals surface area (Å²) in [6.07, 6.45) is -2.20. The molecule has 10 heteroatoms. The third kappa shape index (κ3) is 3.54. The van der Waals surface area contributed by atoms with Crippen molar-refractivity contribution in [1.29, 1.82) is 0 Å². The summed E-state index contributed by atoms with van der Waals surface area (Å²) in [5.41, 5.74) is -2.77. The Hall–Kier alpha value is -2.52. The fourth-order valence-electron chi connectivity index (χ4n) is 2.98. The van der Waals surface area contributed by atoms with Crippen molar-refractivity contribution in [3.8, 4) is 0 Å². The molecule has 0 spiro atoms. The number of carbonyl (C=O) groups is 1. The number of ether oxygens (including phenoxy) is 1. The number of rotatable bonds is 1. The molecule has 0 radical (unpaired) electrons. The summed E-state index contributed by atoms with van der Waals surface area (Å²) in [6, 6.07) is 0. The van der Waals surface area contributed by atoms with Gasteiger partial charge in [-0.05, 0) is 27.2 Å². The number of halogens is 3. The van der Waals surface area contributed by atoms with Gasteiger partial charge in [0.25, 0.3) is 5.56 Å². The van der Waals surface area contributed by atoms with Gasteiger partial charge in [-0.2, -0.15) is 13.2 Å². The van der Waals surface area contributed by atoms with Crippen LogP contribution in [0.2, 0.25) is 0 Å². The van der Waals surface area contributed by atoms with Gasteiger partial charge in [0.05, 0.1) is 0 Å². The zero-order valence-electron chi connectivity index (χ0n) is 14.6. The first-order chi connectivity index (χ1) is 12.0. The van der Waals surface area contributed by atoms with Crippen molar-refractivity contribution in [3.63, 3.8) is 0 Å². The van der Waals surface area contributed by atoms with Crippen LogP contribution in [-0.4, -0.2) is 44.1 Å². The van der Waals surface area contributed by atoms with E-state index < -0.39 is 34.6 Å². The molecule has 2 aromatic rings. The molecule has 2 aromatic heterocycles. The molecule has 7 nitrogen and oxygen atoms in total. The molecule has 1 fully saturated rings. The number of H-pyrrole nitrogens is 1. The monoisotopic (exact) mass is 372 g/mol. The molecule has 1 aliphatic heterocycles. The third-order valence-corrected chi connectivity index (χ3v) is 4.09. The molecule has 1 aliphatic rings. The normalized spacial score (nSPS) is 18.5. The van der Waals surface area contributed by atoms with Crippen LogP contribution in [0.25, 0.3) is 5.52 Å². The SMILES string of the molecule is CC(C)(C)OC(=O)N1CCC(c2cn3cnc(C(F)(F)F)c3c(=O)[nH]2)C1. The summed E-state index contributed by atoms with van der Waals surface area (Å²) in [6.45, 7) is 6.05. The molecule has 1 unspecified atom stereocenters. The van der Waals surface area contributed by atoms with Gasteiger partial charge >= 0.3 is 12.3 Å². The zero-order valence-corrected chi connectivity index (χ0v) is 14.6. The van der Waals surface area contributed by atoms with Gasteiger partial charge in [0.2, 0.25) is 0 Å². The van der Waals surface area contributed by atoms with E-state index in [2.05, 4.69) is 9.97 Å². The molecule has 0 aromatic carbocycles. The van der Waals surface area contributed by atoms with Crippen LogP contribution in [0.4, 0.5) is 18.0 Å². The number of nitrogens with one attached hydrogen (secondary N) is 1. The second-order valence-electron chi connectivity index (χ2n) is 7.30. The number of hydrogen-bond acceptors (Lipinski definition) is 4. The van der Waals surface area contributed by atoms with Crippen molar-refractivity contribution >= 4 is 11.6 Å². The van der Waals surface area contributed by atoms with E-state index in [4.69, 9.17) is 4.74 Å². The standard InChI is InChI=1S/C16H19F3N4O3/c1-15(2,3)26-14(25)22-5-4-9(6-22)10-7-23-8-20-12(16(17,18)19)11(23)13(24)21-10/h7-9H,4-6H2,1-3H3,(H,21,24). The van der Waals surface area contributed by atoms with Crippen LogP contribution in [0.3, 0.4) is 0 Å². The lowest BCUT2D eigenvalue weighted by Gasteiger charge is -2.24. The van der Waals surface area contributed by atoms with Gasteiger partial charge in [0.1, 0.15) is 17.4 Å². The van der Waals surface area contributed by atoms with Crippen molar-refractivity contribution in [2.45, 2.75) is 44.9 Å². The third-order valence-electron chi connectivity index (χ3n) is 4.09. The van der Waals surface area contributed by atoms with Gasteiger partial charge in [-0.25, -0.2) is 9.78 Å². The lowest BCUT2D eigenvalue weighted by atomic mass is 10.1. The molecule has 1 saturated heterocycles. The molecular weight excluding hydrogens is 353 g/mol. The average molecular weight is 372 g/mol. The minimum Gasteiger partial charge on any atom is -0.444 e. The number of nitrogens with zero attached hydrogens (tertiary/aromatic N) is 3. The van der Waals surface area contributed by atoms with Crippen LogP contribution in [0.1, 0.15) is 44.5 Å². The Morgan fingerprint density at radius 2 is 2.04 bits per heavy atom. The number of alkyl halides is 3. The summed E-state index contributed by atoms with van der Waals surface area (Å²) in [5, 5.41) is 0. The zero-order chi connectivity index (χ0) is 19.3. The summed E-state index contributed by atoms with van der Waals surface area (Å²) in [7, 11) is 0. The average Bonchev–Trinajstić information content (AvgIpc) is 3.11. The molecule has 0 aliphatic carbocycles. The van der Waals surface area contributed by atoms with E-state index in [1.165, 1.54) is 11.1 Å². The van der Waals surface area contributed by atoms with Gasteiger partial charge in [-0.1, -0.05) is 0 Å². The summed E-state index contributed by atoms with van der Waals surface area (Å²) < 4.78 is 45.2. The highest BCUT2D eigenvalue weighted by Crippen LogP contribution is 2.31. The highest BCUT2D eigenvalue weighted by molar-refractivity contribution is 5.68. The second-order valence-corrected chi connectivity index (χ2v) is 7.30. The molecule has 0 saturated carbocycles. The predicted molar refractivity (Wildman–Crippen MR) is 86.0 cm³/mol. The fraction of sp³-hybridized carbons (Fsp3) is 0.562. The van der Waals surface area contributed by atoms with Crippen molar-refractivity contribution in [1.82, 2.24) is 19.3 Å².